The molecule has 0 radical (unpaired) electrons. The second-order valence-corrected chi connectivity index (χ2v) is 5.10. The van der Waals surface area contributed by atoms with E-state index in [-0.39, 0.29) is 11.8 Å². The van der Waals surface area contributed by atoms with Crippen LogP contribution in [0.15, 0.2) is 0 Å². The molecule has 1 saturated heterocycles. The van der Waals surface area contributed by atoms with Crippen LogP contribution in [-0.2, 0) is 9.59 Å². The lowest BCUT2D eigenvalue weighted by molar-refractivity contribution is -0.143. The maximum atomic E-state index is 11.9. The Kier molecular flexibility index (Phi) is 4.93. The smallest absolute Gasteiger partial charge is 0.242 e. The van der Waals surface area contributed by atoms with Crippen molar-refractivity contribution in [2.24, 2.45) is 11.7 Å². The number of likely N-dealkylation sites (tertiary alicyclic amines) is 1. The molecule has 1 fully saturated rings. The Balaban J connectivity index is 2.53. The lowest BCUT2D eigenvalue weighted by atomic mass is 10.0. The molecule has 2 amide bonds. The van der Waals surface area contributed by atoms with E-state index >= 15 is 0 Å². The third-order valence-electron chi connectivity index (χ3n) is 3.05. The molecule has 0 spiro atoms. The number of rotatable bonds is 4. The summed E-state index contributed by atoms with van der Waals surface area (Å²) >= 11 is 0. The lowest BCUT2D eigenvalue weighted by Crippen LogP contribution is -2.56. The normalized spacial score (nSPS) is 22.8. The zero-order valence-electron chi connectivity index (χ0n) is 10.9. The van der Waals surface area contributed by atoms with Crippen molar-refractivity contribution in [3.05, 3.63) is 0 Å². The SMILES string of the molecule is CC(C)CNC(=O)C(C)N1CCCC(N)C1=O. The minimum atomic E-state index is -0.441. The fourth-order valence-electron chi connectivity index (χ4n) is 1.91. The van der Waals surface area contributed by atoms with Crippen molar-refractivity contribution in [1.29, 1.82) is 0 Å². The highest BCUT2D eigenvalue weighted by Gasteiger charge is 2.32. The highest BCUT2D eigenvalue weighted by atomic mass is 16.2. The first kappa shape index (κ1) is 14.0. The van der Waals surface area contributed by atoms with Crippen molar-refractivity contribution in [1.82, 2.24) is 10.2 Å². The molecule has 0 aliphatic carbocycles. The molecular formula is C12H23N3O2. The van der Waals surface area contributed by atoms with Gasteiger partial charge < -0.3 is 16.0 Å². The van der Waals surface area contributed by atoms with Gasteiger partial charge in [-0.25, -0.2) is 0 Å². The van der Waals surface area contributed by atoms with Crippen molar-refractivity contribution >= 4 is 11.8 Å². The molecule has 0 aromatic heterocycles. The van der Waals surface area contributed by atoms with Crippen LogP contribution in [0.1, 0.15) is 33.6 Å². The summed E-state index contributed by atoms with van der Waals surface area (Å²) in [6.07, 6.45) is 1.59. The first-order valence-corrected chi connectivity index (χ1v) is 6.27. The topological polar surface area (TPSA) is 75.4 Å². The molecule has 1 aliphatic heterocycles. The van der Waals surface area contributed by atoms with Crippen LogP contribution in [0, 0.1) is 5.92 Å². The van der Waals surface area contributed by atoms with Crippen LogP contribution >= 0.6 is 0 Å². The highest BCUT2D eigenvalue weighted by molar-refractivity contribution is 5.89. The number of nitrogens with one attached hydrogen (secondary N) is 1. The van der Waals surface area contributed by atoms with E-state index in [1.807, 2.05) is 13.8 Å². The summed E-state index contributed by atoms with van der Waals surface area (Å²) in [6.45, 7) is 7.09. The van der Waals surface area contributed by atoms with Gasteiger partial charge in [-0.2, -0.15) is 0 Å². The van der Waals surface area contributed by atoms with Crippen LogP contribution in [0.25, 0.3) is 0 Å². The lowest BCUT2D eigenvalue weighted by Gasteiger charge is -2.34. The largest absolute Gasteiger partial charge is 0.354 e. The predicted molar refractivity (Wildman–Crippen MR) is 66.2 cm³/mol. The van der Waals surface area contributed by atoms with E-state index in [1.54, 1.807) is 11.8 Å². The molecule has 98 valence electrons. The van der Waals surface area contributed by atoms with Gasteiger partial charge in [0.2, 0.25) is 11.8 Å². The zero-order chi connectivity index (χ0) is 13.0. The predicted octanol–water partition coefficient (Wildman–Crippen LogP) is 0.0968. The molecule has 2 unspecified atom stereocenters. The Hall–Kier alpha value is -1.10. The molecule has 0 aromatic carbocycles. The molecule has 2 atom stereocenters. The molecule has 5 nitrogen and oxygen atoms in total. The van der Waals surface area contributed by atoms with Crippen LogP contribution in [0.5, 0.6) is 0 Å². The Morgan fingerprint density at radius 3 is 2.76 bits per heavy atom. The van der Waals surface area contributed by atoms with Crippen LogP contribution < -0.4 is 11.1 Å². The minimum absolute atomic E-state index is 0.0962. The van der Waals surface area contributed by atoms with Crippen molar-refractivity contribution in [2.45, 2.75) is 45.7 Å². The third-order valence-corrected chi connectivity index (χ3v) is 3.05. The maximum absolute atomic E-state index is 11.9. The van der Waals surface area contributed by atoms with Crippen molar-refractivity contribution in [3.63, 3.8) is 0 Å². The Morgan fingerprint density at radius 1 is 1.53 bits per heavy atom. The average molecular weight is 241 g/mol. The molecular weight excluding hydrogens is 218 g/mol. The van der Waals surface area contributed by atoms with Gasteiger partial charge in [0.15, 0.2) is 0 Å². The standard InChI is InChI=1S/C12H23N3O2/c1-8(2)7-14-11(16)9(3)15-6-4-5-10(13)12(15)17/h8-10H,4-7,13H2,1-3H3,(H,14,16). The highest BCUT2D eigenvalue weighted by Crippen LogP contribution is 2.13. The number of nitrogens with two attached hydrogens (primary N) is 1. The van der Waals surface area contributed by atoms with Gasteiger partial charge in [-0.15, -0.1) is 0 Å². The Morgan fingerprint density at radius 2 is 2.18 bits per heavy atom. The Labute approximate surface area is 103 Å². The van der Waals surface area contributed by atoms with E-state index in [1.165, 1.54) is 0 Å². The molecule has 0 saturated carbocycles. The average Bonchev–Trinajstić information content (AvgIpc) is 2.28. The van der Waals surface area contributed by atoms with Gasteiger partial charge in [-0.05, 0) is 25.7 Å². The van der Waals surface area contributed by atoms with E-state index in [2.05, 4.69) is 5.32 Å². The molecule has 1 aliphatic rings. The first-order valence-electron chi connectivity index (χ1n) is 6.27. The van der Waals surface area contributed by atoms with E-state index in [9.17, 15) is 9.59 Å². The number of piperidine rings is 1. The molecule has 17 heavy (non-hydrogen) atoms. The van der Waals surface area contributed by atoms with Crippen molar-refractivity contribution in [3.8, 4) is 0 Å². The number of carbonyl (C=O) groups excluding carboxylic acids is 2. The molecule has 1 heterocycles. The van der Waals surface area contributed by atoms with Gasteiger partial charge in [-0.1, -0.05) is 13.8 Å². The van der Waals surface area contributed by atoms with Crippen LogP contribution in [-0.4, -0.2) is 41.9 Å². The van der Waals surface area contributed by atoms with Crippen molar-refractivity contribution < 1.29 is 9.59 Å². The Bertz CT molecular complexity index is 291. The summed E-state index contributed by atoms with van der Waals surface area (Å²) in [5, 5.41) is 2.84. The molecule has 5 heteroatoms. The van der Waals surface area contributed by atoms with Gasteiger partial charge in [0.25, 0.3) is 0 Å². The number of amides is 2. The van der Waals surface area contributed by atoms with Gasteiger partial charge in [-0.3, -0.25) is 9.59 Å². The van der Waals surface area contributed by atoms with Crippen molar-refractivity contribution in [2.75, 3.05) is 13.1 Å². The summed E-state index contributed by atoms with van der Waals surface area (Å²) < 4.78 is 0. The number of hydrogen-bond acceptors (Lipinski definition) is 3. The summed E-state index contributed by atoms with van der Waals surface area (Å²) in [4.78, 5) is 25.3. The fourth-order valence-corrected chi connectivity index (χ4v) is 1.91. The summed E-state index contributed by atoms with van der Waals surface area (Å²) in [6, 6.07) is -0.864. The van der Waals surface area contributed by atoms with Crippen LogP contribution in [0.4, 0.5) is 0 Å². The third kappa shape index (κ3) is 3.70. The van der Waals surface area contributed by atoms with E-state index in [4.69, 9.17) is 5.73 Å². The summed E-state index contributed by atoms with van der Waals surface area (Å²) in [5.41, 5.74) is 5.71. The van der Waals surface area contributed by atoms with E-state index in [0.29, 0.717) is 19.0 Å². The molecule has 0 bridgehead atoms. The number of hydrogen-bond donors (Lipinski definition) is 2. The summed E-state index contributed by atoms with van der Waals surface area (Å²) in [5.74, 6) is 0.204. The second-order valence-electron chi connectivity index (χ2n) is 5.10. The maximum Gasteiger partial charge on any atom is 0.242 e. The number of carbonyl (C=O) groups is 2. The van der Waals surface area contributed by atoms with E-state index < -0.39 is 12.1 Å². The molecule has 1 rings (SSSR count). The zero-order valence-corrected chi connectivity index (χ0v) is 10.9. The van der Waals surface area contributed by atoms with Gasteiger partial charge >= 0.3 is 0 Å². The monoisotopic (exact) mass is 241 g/mol. The minimum Gasteiger partial charge on any atom is -0.354 e. The molecule has 3 N–H and O–H groups in total. The van der Waals surface area contributed by atoms with E-state index in [0.717, 1.165) is 12.8 Å². The number of nitrogens with zero attached hydrogens (tertiary/aromatic N) is 1. The first-order chi connectivity index (χ1) is 7.93. The van der Waals surface area contributed by atoms with Crippen LogP contribution in [0.2, 0.25) is 0 Å². The van der Waals surface area contributed by atoms with Gasteiger partial charge in [0.05, 0.1) is 6.04 Å². The quantitative estimate of drug-likeness (QED) is 0.733. The van der Waals surface area contributed by atoms with Crippen LogP contribution in [0.3, 0.4) is 0 Å². The second kappa shape index (κ2) is 6.00. The van der Waals surface area contributed by atoms with Gasteiger partial charge in [0.1, 0.15) is 6.04 Å². The van der Waals surface area contributed by atoms with Gasteiger partial charge in [0, 0.05) is 13.1 Å². The fraction of sp³-hybridized carbons (Fsp3) is 0.833. The molecule has 0 aromatic rings. The summed E-state index contributed by atoms with van der Waals surface area (Å²) in [7, 11) is 0.